The third-order valence-electron chi connectivity index (χ3n) is 4.09. The Morgan fingerprint density at radius 3 is 2.47 bits per heavy atom. The Morgan fingerprint density at radius 2 is 1.88 bits per heavy atom. The lowest BCUT2D eigenvalue weighted by Crippen LogP contribution is -2.43. The minimum Gasteiger partial charge on any atom is -0.377 e. The number of ether oxygens (including phenoxy) is 1. The number of nitrogens with one attached hydrogen (secondary N) is 1. The van der Waals surface area contributed by atoms with Gasteiger partial charge in [0.25, 0.3) is 0 Å². The molecule has 2 heteroatoms. The monoisotopic (exact) mass is 241 g/mol. The Kier molecular flexibility index (Phi) is 6.50. The molecule has 0 aliphatic heterocycles. The molecule has 0 aromatic heterocycles. The van der Waals surface area contributed by atoms with E-state index in [4.69, 9.17) is 4.74 Å². The predicted molar refractivity (Wildman–Crippen MR) is 74.4 cm³/mol. The van der Waals surface area contributed by atoms with Gasteiger partial charge in [0.2, 0.25) is 0 Å². The van der Waals surface area contributed by atoms with Crippen LogP contribution in [-0.4, -0.2) is 24.8 Å². The van der Waals surface area contributed by atoms with Crippen LogP contribution in [0.4, 0.5) is 0 Å². The standard InChI is InChI=1S/C15H31NO/c1-5-15(3,4)16-11-13(2)17-12-14-9-7-6-8-10-14/h13-14,16H,5-12H2,1-4H3. The zero-order valence-corrected chi connectivity index (χ0v) is 12.2. The van der Waals surface area contributed by atoms with Crippen LogP contribution in [0.25, 0.3) is 0 Å². The van der Waals surface area contributed by atoms with E-state index < -0.39 is 0 Å². The summed E-state index contributed by atoms with van der Waals surface area (Å²) < 4.78 is 5.96. The maximum Gasteiger partial charge on any atom is 0.0671 e. The second-order valence-corrected chi connectivity index (χ2v) is 6.27. The highest BCUT2D eigenvalue weighted by Crippen LogP contribution is 2.24. The molecule has 1 fully saturated rings. The molecule has 1 unspecified atom stereocenters. The highest BCUT2D eigenvalue weighted by Gasteiger charge is 2.17. The van der Waals surface area contributed by atoms with Crippen molar-refractivity contribution in [3.63, 3.8) is 0 Å². The van der Waals surface area contributed by atoms with Gasteiger partial charge in [-0.25, -0.2) is 0 Å². The number of hydrogen-bond donors (Lipinski definition) is 1. The third-order valence-corrected chi connectivity index (χ3v) is 4.09. The molecule has 1 atom stereocenters. The third kappa shape index (κ3) is 6.42. The molecule has 0 amide bonds. The van der Waals surface area contributed by atoms with E-state index in [1.54, 1.807) is 0 Å². The highest BCUT2D eigenvalue weighted by atomic mass is 16.5. The summed E-state index contributed by atoms with van der Waals surface area (Å²) in [5, 5.41) is 3.57. The summed E-state index contributed by atoms with van der Waals surface area (Å²) in [5.74, 6) is 0.824. The summed E-state index contributed by atoms with van der Waals surface area (Å²) in [6, 6.07) is 0. The summed E-state index contributed by atoms with van der Waals surface area (Å²) in [7, 11) is 0. The van der Waals surface area contributed by atoms with Crippen LogP contribution in [0, 0.1) is 5.92 Å². The van der Waals surface area contributed by atoms with Gasteiger partial charge < -0.3 is 10.1 Å². The molecule has 1 aliphatic carbocycles. The molecular formula is C15H31NO. The summed E-state index contributed by atoms with van der Waals surface area (Å²) >= 11 is 0. The molecule has 0 spiro atoms. The van der Waals surface area contributed by atoms with Gasteiger partial charge in [0, 0.05) is 18.7 Å². The Labute approximate surface area is 108 Å². The first-order valence-corrected chi connectivity index (χ1v) is 7.40. The fraction of sp³-hybridized carbons (Fsp3) is 1.00. The molecule has 17 heavy (non-hydrogen) atoms. The molecule has 0 radical (unpaired) electrons. The van der Waals surface area contributed by atoms with Gasteiger partial charge in [0.15, 0.2) is 0 Å². The maximum atomic E-state index is 5.96. The van der Waals surface area contributed by atoms with Gasteiger partial charge in [-0.2, -0.15) is 0 Å². The fourth-order valence-corrected chi connectivity index (χ4v) is 2.26. The number of hydrogen-bond acceptors (Lipinski definition) is 2. The van der Waals surface area contributed by atoms with Crippen molar-refractivity contribution in [2.24, 2.45) is 5.92 Å². The molecule has 0 aromatic rings. The molecule has 0 saturated heterocycles. The second-order valence-electron chi connectivity index (χ2n) is 6.27. The van der Waals surface area contributed by atoms with E-state index >= 15 is 0 Å². The Balaban J connectivity index is 2.10. The van der Waals surface area contributed by atoms with E-state index in [9.17, 15) is 0 Å². The molecule has 1 saturated carbocycles. The van der Waals surface area contributed by atoms with Crippen molar-refractivity contribution in [3.05, 3.63) is 0 Å². The van der Waals surface area contributed by atoms with Gasteiger partial charge in [0.1, 0.15) is 0 Å². The molecule has 0 aromatic carbocycles. The van der Waals surface area contributed by atoms with Crippen LogP contribution in [-0.2, 0) is 4.74 Å². The molecule has 1 rings (SSSR count). The van der Waals surface area contributed by atoms with E-state index in [-0.39, 0.29) is 5.54 Å². The van der Waals surface area contributed by atoms with E-state index in [0.29, 0.717) is 6.10 Å². The van der Waals surface area contributed by atoms with E-state index in [1.165, 1.54) is 32.1 Å². The van der Waals surface area contributed by atoms with Crippen LogP contribution < -0.4 is 5.32 Å². The Bertz CT molecular complexity index is 197. The van der Waals surface area contributed by atoms with Crippen LogP contribution in [0.1, 0.15) is 66.2 Å². The van der Waals surface area contributed by atoms with Crippen molar-refractivity contribution >= 4 is 0 Å². The molecule has 0 heterocycles. The van der Waals surface area contributed by atoms with Crippen molar-refractivity contribution in [2.75, 3.05) is 13.2 Å². The SMILES string of the molecule is CCC(C)(C)NCC(C)OCC1CCCCC1. The molecule has 0 bridgehead atoms. The van der Waals surface area contributed by atoms with Crippen molar-refractivity contribution in [3.8, 4) is 0 Å². The van der Waals surface area contributed by atoms with Gasteiger partial charge in [-0.05, 0) is 46.0 Å². The van der Waals surface area contributed by atoms with Gasteiger partial charge in [-0.1, -0.05) is 26.2 Å². The average molecular weight is 241 g/mol. The van der Waals surface area contributed by atoms with Gasteiger partial charge >= 0.3 is 0 Å². The van der Waals surface area contributed by atoms with Crippen molar-refractivity contribution in [1.82, 2.24) is 5.32 Å². The van der Waals surface area contributed by atoms with Crippen LogP contribution in [0.5, 0.6) is 0 Å². The lowest BCUT2D eigenvalue weighted by atomic mass is 9.90. The van der Waals surface area contributed by atoms with Crippen LogP contribution in [0.15, 0.2) is 0 Å². The molecular weight excluding hydrogens is 210 g/mol. The second kappa shape index (κ2) is 7.38. The van der Waals surface area contributed by atoms with Gasteiger partial charge in [-0.15, -0.1) is 0 Å². The molecule has 2 nitrogen and oxygen atoms in total. The fourth-order valence-electron chi connectivity index (χ4n) is 2.26. The van der Waals surface area contributed by atoms with Gasteiger partial charge in [0.05, 0.1) is 6.10 Å². The first-order valence-electron chi connectivity index (χ1n) is 7.40. The van der Waals surface area contributed by atoms with Crippen LogP contribution >= 0.6 is 0 Å². The molecule has 1 N–H and O–H groups in total. The van der Waals surface area contributed by atoms with Gasteiger partial charge in [-0.3, -0.25) is 0 Å². The predicted octanol–water partition coefficient (Wildman–Crippen LogP) is 3.75. The van der Waals surface area contributed by atoms with Crippen LogP contribution in [0.2, 0.25) is 0 Å². The van der Waals surface area contributed by atoms with Crippen molar-refractivity contribution in [2.45, 2.75) is 77.9 Å². The zero-order valence-electron chi connectivity index (χ0n) is 12.2. The summed E-state index contributed by atoms with van der Waals surface area (Å²) in [6.07, 6.45) is 8.48. The summed E-state index contributed by atoms with van der Waals surface area (Å²) in [4.78, 5) is 0. The van der Waals surface area contributed by atoms with Crippen molar-refractivity contribution < 1.29 is 4.74 Å². The average Bonchev–Trinajstić information content (AvgIpc) is 2.35. The minimum absolute atomic E-state index is 0.239. The van der Waals surface area contributed by atoms with Crippen molar-refractivity contribution in [1.29, 1.82) is 0 Å². The van der Waals surface area contributed by atoms with Crippen LogP contribution in [0.3, 0.4) is 0 Å². The summed E-state index contributed by atoms with van der Waals surface area (Å²) in [5.41, 5.74) is 0.239. The lowest BCUT2D eigenvalue weighted by molar-refractivity contribution is 0.0278. The van der Waals surface area contributed by atoms with E-state index in [0.717, 1.165) is 25.5 Å². The topological polar surface area (TPSA) is 21.3 Å². The number of rotatable bonds is 7. The Hall–Kier alpha value is -0.0800. The maximum absolute atomic E-state index is 5.96. The Morgan fingerprint density at radius 1 is 1.24 bits per heavy atom. The summed E-state index contributed by atoms with van der Waals surface area (Å²) in [6.45, 7) is 10.8. The quantitative estimate of drug-likeness (QED) is 0.733. The van der Waals surface area contributed by atoms with E-state index in [2.05, 4.69) is 33.0 Å². The lowest BCUT2D eigenvalue weighted by Gasteiger charge is -2.28. The zero-order chi connectivity index (χ0) is 12.7. The first-order chi connectivity index (χ1) is 8.03. The smallest absolute Gasteiger partial charge is 0.0671 e. The molecule has 1 aliphatic rings. The minimum atomic E-state index is 0.239. The first kappa shape index (κ1) is 15.0. The van der Waals surface area contributed by atoms with E-state index in [1.807, 2.05) is 0 Å². The molecule has 102 valence electrons. The highest BCUT2D eigenvalue weighted by molar-refractivity contribution is 4.76. The largest absolute Gasteiger partial charge is 0.377 e. The normalized spacial score (nSPS) is 20.5.